The van der Waals surface area contributed by atoms with Gasteiger partial charge in [-0.1, -0.05) is 18.2 Å². The standard InChI is InChI=1S/C26H28N6O2/c27-18-21-5-7-22(8-6-21)19-30-11-2-12-32(16-15-30)26(34)23-3-1-4-24(17-23)29-25(33)9-13-31-14-10-28-20-31/h1,3-8,10,14,17,20H,2,9,11-13,15-16,19H2,(H,29,33). The highest BCUT2D eigenvalue weighted by atomic mass is 16.2. The van der Waals surface area contributed by atoms with Gasteiger partial charge in [-0.25, -0.2) is 4.98 Å². The van der Waals surface area contributed by atoms with Crippen LogP contribution in [0.3, 0.4) is 0 Å². The molecule has 174 valence electrons. The fourth-order valence-electron chi connectivity index (χ4n) is 4.06. The smallest absolute Gasteiger partial charge is 0.253 e. The monoisotopic (exact) mass is 456 g/mol. The van der Waals surface area contributed by atoms with Gasteiger partial charge < -0.3 is 14.8 Å². The summed E-state index contributed by atoms with van der Waals surface area (Å²) in [7, 11) is 0. The molecule has 1 saturated heterocycles. The van der Waals surface area contributed by atoms with E-state index in [0.29, 0.717) is 42.9 Å². The lowest BCUT2D eigenvalue weighted by atomic mass is 10.1. The quantitative estimate of drug-likeness (QED) is 0.590. The Hall–Kier alpha value is -3.96. The van der Waals surface area contributed by atoms with E-state index in [1.54, 1.807) is 36.8 Å². The molecule has 0 spiro atoms. The number of amides is 2. The minimum atomic E-state index is -0.105. The predicted molar refractivity (Wildman–Crippen MR) is 129 cm³/mol. The molecule has 8 nitrogen and oxygen atoms in total. The lowest BCUT2D eigenvalue weighted by molar-refractivity contribution is -0.116. The molecule has 3 aromatic rings. The van der Waals surface area contributed by atoms with Crippen LogP contribution < -0.4 is 5.32 Å². The van der Waals surface area contributed by atoms with Gasteiger partial charge in [-0.2, -0.15) is 5.26 Å². The van der Waals surface area contributed by atoms with Gasteiger partial charge in [0.25, 0.3) is 5.91 Å². The average Bonchev–Trinajstić information content (AvgIpc) is 3.28. The van der Waals surface area contributed by atoms with Crippen molar-refractivity contribution in [1.29, 1.82) is 5.26 Å². The molecule has 4 rings (SSSR count). The molecule has 1 fully saturated rings. The zero-order chi connectivity index (χ0) is 23.8. The number of hydrogen-bond acceptors (Lipinski definition) is 5. The summed E-state index contributed by atoms with van der Waals surface area (Å²) < 4.78 is 1.85. The number of rotatable bonds is 7. The zero-order valence-electron chi connectivity index (χ0n) is 19.1. The SMILES string of the molecule is N#Cc1ccc(CN2CCCN(C(=O)c3cccc(NC(=O)CCn4ccnc4)c3)CC2)cc1. The molecule has 34 heavy (non-hydrogen) atoms. The van der Waals surface area contributed by atoms with Crippen LogP contribution in [0.4, 0.5) is 5.69 Å². The number of hydrogen-bond donors (Lipinski definition) is 1. The van der Waals surface area contributed by atoms with Crippen LogP contribution in [0.5, 0.6) is 0 Å². The molecular formula is C26H28N6O2. The molecule has 0 unspecified atom stereocenters. The average molecular weight is 457 g/mol. The summed E-state index contributed by atoms with van der Waals surface area (Å²) in [6.45, 7) is 4.40. The van der Waals surface area contributed by atoms with Crippen molar-refractivity contribution in [3.8, 4) is 6.07 Å². The molecule has 2 aromatic carbocycles. The summed E-state index contributed by atoms with van der Waals surface area (Å²) in [6, 6.07) is 16.9. The van der Waals surface area contributed by atoms with Crippen LogP contribution in [0.2, 0.25) is 0 Å². The first-order valence-corrected chi connectivity index (χ1v) is 11.5. The van der Waals surface area contributed by atoms with Crippen molar-refractivity contribution in [2.45, 2.75) is 25.9 Å². The van der Waals surface area contributed by atoms with E-state index < -0.39 is 0 Å². The Morgan fingerprint density at radius 3 is 2.68 bits per heavy atom. The number of carbonyl (C=O) groups is 2. The second-order valence-electron chi connectivity index (χ2n) is 8.41. The molecule has 1 aliphatic heterocycles. The van der Waals surface area contributed by atoms with Crippen LogP contribution in [0.1, 0.15) is 34.3 Å². The highest BCUT2D eigenvalue weighted by molar-refractivity contribution is 5.97. The number of anilines is 1. The van der Waals surface area contributed by atoms with Crippen LogP contribution >= 0.6 is 0 Å². The molecule has 0 bridgehead atoms. The van der Waals surface area contributed by atoms with Crippen LogP contribution in [-0.2, 0) is 17.9 Å². The maximum Gasteiger partial charge on any atom is 0.253 e. The molecule has 0 radical (unpaired) electrons. The molecule has 1 N–H and O–H groups in total. The summed E-state index contributed by atoms with van der Waals surface area (Å²) in [5.41, 5.74) is 3.02. The highest BCUT2D eigenvalue weighted by Gasteiger charge is 2.21. The maximum atomic E-state index is 13.2. The van der Waals surface area contributed by atoms with Crippen LogP contribution in [0.15, 0.2) is 67.3 Å². The Labute approximate surface area is 199 Å². The van der Waals surface area contributed by atoms with Gasteiger partial charge in [0.1, 0.15) is 0 Å². The Morgan fingerprint density at radius 2 is 1.91 bits per heavy atom. The van der Waals surface area contributed by atoms with Crippen molar-refractivity contribution in [1.82, 2.24) is 19.4 Å². The van der Waals surface area contributed by atoms with Crippen molar-refractivity contribution in [3.05, 3.63) is 83.9 Å². The molecule has 0 atom stereocenters. The second kappa shape index (κ2) is 11.3. The number of aromatic nitrogens is 2. The third-order valence-electron chi connectivity index (χ3n) is 5.91. The van der Waals surface area contributed by atoms with Crippen molar-refractivity contribution in [3.63, 3.8) is 0 Å². The first kappa shape index (κ1) is 23.2. The van der Waals surface area contributed by atoms with Gasteiger partial charge in [-0.3, -0.25) is 14.5 Å². The summed E-state index contributed by atoms with van der Waals surface area (Å²) in [5.74, 6) is -0.124. The van der Waals surface area contributed by atoms with E-state index in [9.17, 15) is 9.59 Å². The number of aryl methyl sites for hydroxylation is 1. The van der Waals surface area contributed by atoms with Crippen LogP contribution in [-0.4, -0.2) is 57.3 Å². The molecule has 1 aromatic heterocycles. The number of carbonyl (C=O) groups excluding carboxylic acids is 2. The summed E-state index contributed by atoms with van der Waals surface area (Å²) in [6.07, 6.45) is 6.41. The van der Waals surface area contributed by atoms with Crippen LogP contribution in [0.25, 0.3) is 0 Å². The molecule has 2 amide bonds. The number of imidazole rings is 1. The van der Waals surface area contributed by atoms with E-state index in [2.05, 4.69) is 21.3 Å². The lowest BCUT2D eigenvalue weighted by Crippen LogP contribution is -2.35. The first-order chi connectivity index (χ1) is 16.6. The largest absolute Gasteiger partial charge is 0.337 e. The second-order valence-corrected chi connectivity index (χ2v) is 8.41. The third kappa shape index (κ3) is 6.30. The van der Waals surface area contributed by atoms with Crippen molar-refractivity contribution in [2.24, 2.45) is 0 Å². The Morgan fingerprint density at radius 1 is 1.06 bits per heavy atom. The minimum absolute atomic E-state index is 0.0188. The van der Waals surface area contributed by atoms with Gasteiger partial charge in [0.15, 0.2) is 0 Å². The van der Waals surface area contributed by atoms with Gasteiger partial charge >= 0.3 is 0 Å². The van der Waals surface area contributed by atoms with E-state index in [0.717, 1.165) is 31.6 Å². The van der Waals surface area contributed by atoms with Gasteiger partial charge in [-0.15, -0.1) is 0 Å². The summed E-state index contributed by atoms with van der Waals surface area (Å²) in [5, 5.41) is 11.8. The summed E-state index contributed by atoms with van der Waals surface area (Å²) in [4.78, 5) is 33.7. The van der Waals surface area contributed by atoms with E-state index in [-0.39, 0.29) is 11.8 Å². The van der Waals surface area contributed by atoms with Gasteiger partial charge in [-0.05, 0) is 42.3 Å². The molecule has 8 heteroatoms. The van der Waals surface area contributed by atoms with E-state index >= 15 is 0 Å². The van der Waals surface area contributed by atoms with E-state index in [4.69, 9.17) is 5.26 Å². The van der Waals surface area contributed by atoms with Crippen molar-refractivity contribution in [2.75, 3.05) is 31.5 Å². The Bertz CT molecular complexity index is 1150. The van der Waals surface area contributed by atoms with Crippen LogP contribution in [0, 0.1) is 11.3 Å². The molecule has 1 aliphatic rings. The number of nitrogens with zero attached hydrogens (tertiary/aromatic N) is 5. The number of nitrogens with one attached hydrogen (secondary N) is 1. The molecule has 2 heterocycles. The van der Waals surface area contributed by atoms with E-state index in [1.165, 1.54) is 0 Å². The Kier molecular flexibility index (Phi) is 7.68. The van der Waals surface area contributed by atoms with E-state index in [1.807, 2.05) is 39.9 Å². The lowest BCUT2D eigenvalue weighted by Gasteiger charge is -2.22. The van der Waals surface area contributed by atoms with Gasteiger partial charge in [0.2, 0.25) is 5.91 Å². The predicted octanol–water partition coefficient (Wildman–Crippen LogP) is 3.13. The molecular weight excluding hydrogens is 428 g/mol. The normalized spacial score (nSPS) is 14.3. The number of nitriles is 1. The minimum Gasteiger partial charge on any atom is -0.337 e. The molecule has 0 aliphatic carbocycles. The fourth-order valence-corrected chi connectivity index (χ4v) is 4.06. The van der Waals surface area contributed by atoms with Gasteiger partial charge in [0.05, 0.1) is 18.0 Å². The fraction of sp³-hybridized carbons (Fsp3) is 0.308. The first-order valence-electron chi connectivity index (χ1n) is 11.5. The molecule has 0 saturated carbocycles. The van der Waals surface area contributed by atoms with Crippen molar-refractivity contribution >= 4 is 17.5 Å². The summed E-state index contributed by atoms with van der Waals surface area (Å²) >= 11 is 0. The topological polar surface area (TPSA) is 94.3 Å². The van der Waals surface area contributed by atoms with Gasteiger partial charge in [0, 0.05) is 69.3 Å². The zero-order valence-corrected chi connectivity index (χ0v) is 19.1. The van der Waals surface area contributed by atoms with Crippen molar-refractivity contribution < 1.29 is 9.59 Å². The number of benzene rings is 2. The Balaban J connectivity index is 1.30. The third-order valence-corrected chi connectivity index (χ3v) is 5.91. The maximum absolute atomic E-state index is 13.2. The highest BCUT2D eigenvalue weighted by Crippen LogP contribution is 2.16.